The predicted octanol–water partition coefficient (Wildman–Crippen LogP) is 4.30. The standard InChI is InChI=1S/C19H18N4O4S/c1-11-4-7-14(8-5-11)18-21-22-19(27-18)28-10-16(24)20-17-13(3)12(2)6-9-15(17)23(25)26/h4-9H,10H2,1-3H3,(H,20,24). The summed E-state index contributed by atoms with van der Waals surface area (Å²) in [6, 6.07) is 10.7. The quantitative estimate of drug-likeness (QED) is 0.374. The van der Waals surface area contributed by atoms with Crippen LogP contribution in [-0.2, 0) is 4.79 Å². The number of nitrogens with one attached hydrogen (secondary N) is 1. The van der Waals surface area contributed by atoms with Crippen LogP contribution < -0.4 is 5.32 Å². The summed E-state index contributed by atoms with van der Waals surface area (Å²) >= 11 is 1.07. The molecule has 0 radical (unpaired) electrons. The molecule has 8 nitrogen and oxygen atoms in total. The topological polar surface area (TPSA) is 111 Å². The van der Waals surface area contributed by atoms with Crippen LogP contribution in [0.1, 0.15) is 16.7 Å². The fourth-order valence-corrected chi connectivity index (χ4v) is 3.06. The zero-order chi connectivity index (χ0) is 20.3. The number of carbonyl (C=O) groups is 1. The van der Waals surface area contributed by atoms with Crippen LogP contribution >= 0.6 is 11.8 Å². The molecular formula is C19H18N4O4S. The second kappa shape index (κ2) is 8.22. The highest BCUT2D eigenvalue weighted by molar-refractivity contribution is 7.99. The second-order valence-corrected chi connectivity index (χ2v) is 7.16. The van der Waals surface area contributed by atoms with Crippen molar-refractivity contribution in [1.29, 1.82) is 0 Å². The maximum absolute atomic E-state index is 12.3. The number of rotatable bonds is 6. The van der Waals surface area contributed by atoms with Gasteiger partial charge in [0.15, 0.2) is 0 Å². The number of nitro benzene ring substituents is 1. The zero-order valence-electron chi connectivity index (χ0n) is 15.6. The summed E-state index contributed by atoms with van der Waals surface area (Å²) < 4.78 is 5.57. The van der Waals surface area contributed by atoms with Crippen molar-refractivity contribution in [2.24, 2.45) is 0 Å². The Hall–Kier alpha value is -3.20. The summed E-state index contributed by atoms with van der Waals surface area (Å²) in [7, 11) is 0. The van der Waals surface area contributed by atoms with Gasteiger partial charge in [-0.15, -0.1) is 10.2 Å². The first-order chi connectivity index (χ1) is 13.3. The van der Waals surface area contributed by atoms with Crippen LogP contribution in [0.2, 0.25) is 0 Å². The van der Waals surface area contributed by atoms with Gasteiger partial charge in [-0.05, 0) is 44.0 Å². The Morgan fingerprint density at radius 1 is 1.14 bits per heavy atom. The number of thioether (sulfide) groups is 1. The van der Waals surface area contributed by atoms with Gasteiger partial charge in [-0.1, -0.05) is 35.5 Å². The number of amides is 1. The van der Waals surface area contributed by atoms with Gasteiger partial charge in [0.1, 0.15) is 5.69 Å². The first kappa shape index (κ1) is 19.6. The minimum Gasteiger partial charge on any atom is -0.411 e. The van der Waals surface area contributed by atoms with E-state index in [2.05, 4.69) is 15.5 Å². The lowest BCUT2D eigenvalue weighted by molar-refractivity contribution is -0.384. The van der Waals surface area contributed by atoms with Gasteiger partial charge < -0.3 is 9.73 Å². The Morgan fingerprint density at radius 3 is 2.54 bits per heavy atom. The molecule has 0 aliphatic carbocycles. The number of benzene rings is 2. The van der Waals surface area contributed by atoms with Crippen LogP contribution in [0.5, 0.6) is 0 Å². The highest BCUT2D eigenvalue weighted by Gasteiger charge is 2.20. The Kier molecular flexibility index (Phi) is 5.74. The predicted molar refractivity (Wildman–Crippen MR) is 106 cm³/mol. The largest absolute Gasteiger partial charge is 0.411 e. The number of anilines is 1. The van der Waals surface area contributed by atoms with E-state index in [1.54, 1.807) is 13.0 Å². The lowest BCUT2D eigenvalue weighted by Crippen LogP contribution is -2.16. The van der Waals surface area contributed by atoms with E-state index >= 15 is 0 Å². The Labute approximate surface area is 165 Å². The molecule has 3 rings (SSSR count). The molecule has 2 aromatic carbocycles. The van der Waals surface area contributed by atoms with Gasteiger partial charge in [0, 0.05) is 11.6 Å². The SMILES string of the molecule is Cc1ccc(-c2nnc(SCC(=O)Nc3c([N+](=O)[O-])ccc(C)c3C)o2)cc1. The Morgan fingerprint density at radius 2 is 1.86 bits per heavy atom. The second-order valence-electron chi connectivity index (χ2n) is 6.23. The normalized spacial score (nSPS) is 10.7. The Balaban J connectivity index is 1.66. The van der Waals surface area contributed by atoms with Crippen molar-refractivity contribution in [3.63, 3.8) is 0 Å². The van der Waals surface area contributed by atoms with E-state index in [0.29, 0.717) is 11.5 Å². The number of hydrogen-bond acceptors (Lipinski definition) is 7. The van der Waals surface area contributed by atoms with Crippen LogP contribution in [0.15, 0.2) is 46.0 Å². The summed E-state index contributed by atoms with van der Waals surface area (Å²) in [6.45, 7) is 5.54. The summed E-state index contributed by atoms with van der Waals surface area (Å²) in [5.74, 6) is -0.0370. The molecule has 0 saturated heterocycles. The lowest BCUT2D eigenvalue weighted by Gasteiger charge is -2.10. The van der Waals surface area contributed by atoms with Crippen LogP contribution in [0.25, 0.3) is 11.5 Å². The summed E-state index contributed by atoms with van der Waals surface area (Å²) in [6.07, 6.45) is 0. The highest BCUT2D eigenvalue weighted by atomic mass is 32.2. The zero-order valence-corrected chi connectivity index (χ0v) is 16.4. The summed E-state index contributed by atoms with van der Waals surface area (Å²) in [4.78, 5) is 23.0. The van der Waals surface area contributed by atoms with Crippen molar-refractivity contribution < 1.29 is 14.1 Å². The third-order valence-electron chi connectivity index (χ3n) is 4.21. The van der Waals surface area contributed by atoms with Crippen molar-refractivity contribution >= 4 is 29.0 Å². The summed E-state index contributed by atoms with van der Waals surface area (Å²) in [5, 5.41) is 22.0. The number of nitrogens with zero attached hydrogens (tertiary/aromatic N) is 3. The van der Waals surface area contributed by atoms with Gasteiger partial charge in [0.25, 0.3) is 10.9 Å². The molecule has 0 aliphatic heterocycles. The van der Waals surface area contributed by atoms with Crippen LogP contribution in [0, 0.1) is 30.9 Å². The first-order valence-corrected chi connectivity index (χ1v) is 9.41. The van der Waals surface area contributed by atoms with E-state index in [4.69, 9.17) is 4.42 Å². The van der Waals surface area contributed by atoms with Crippen molar-refractivity contribution in [2.45, 2.75) is 26.0 Å². The average molecular weight is 398 g/mol. The van der Waals surface area contributed by atoms with E-state index in [0.717, 1.165) is 28.5 Å². The number of nitro groups is 1. The van der Waals surface area contributed by atoms with E-state index in [1.807, 2.05) is 38.1 Å². The van der Waals surface area contributed by atoms with Crippen LogP contribution in [0.3, 0.4) is 0 Å². The minimum absolute atomic E-state index is 0.0138. The molecule has 0 saturated carbocycles. The lowest BCUT2D eigenvalue weighted by atomic mass is 10.1. The molecule has 0 unspecified atom stereocenters. The fraction of sp³-hybridized carbons (Fsp3) is 0.211. The molecule has 1 amide bonds. The molecule has 3 aromatic rings. The van der Waals surface area contributed by atoms with Gasteiger partial charge in [0.05, 0.1) is 10.7 Å². The molecule has 1 heterocycles. The third kappa shape index (κ3) is 4.37. The van der Waals surface area contributed by atoms with Crippen molar-refractivity contribution in [1.82, 2.24) is 10.2 Å². The molecular weight excluding hydrogens is 380 g/mol. The molecule has 1 N–H and O–H groups in total. The molecule has 144 valence electrons. The van der Waals surface area contributed by atoms with Crippen LogP contribution in [-0.4, -0.2) is 26.8 Å². The van der Waals surface area contributed by atoms with Gasteiger partial charge in [-0.2, -0.15) is 0 Å². The van der Waals surface area contributed by atoms with E-state index in [9.17, 15) is 14.9 Å². The minimum atomic E-state index is -0.513. The monoisotopic (exact) mass is 398 g/mol. The molecule has 0 spiro atoms. The first-order valence-electron chi connectivity index (χ1n) is 8.43. The smallest absolute Gasteiger partial charge is 0.293 e. The third-order valence-corrected chi connectivity index (χ3v) is 5.03. The van der Waals surface area contributed by atoms with Crippen molar-refractivity contribution in [3.8, 4) is 11.5 Å². The van der Waals surface area contributed by atoms with Crippen LogP contribution in [0.4, 0.5) is 11.4 Å². The van der Waals surface area contributed by atoms with Gasteiger partial charge >= 0.3 is 0 Å². The van der Waals surface area contributed by atoms with E-state index in [1.165, 1.54) is 6.07 Å². The molecule has 0 atom stereocenters. The van der Waals surface area contributed by atoms with E-state index < -0.39 is 10.8 Å². The van der Waals surface area contributed by atoms with Gasteiger partial charge in [-0.3, -0.25) is 14.9 Å². The molecule has 28 heavy (non-hydrogen) atoms. The summed E-state index contributed by atoms with van der Waals surface area (Å²) in [5.41, 5.74) is 3.50. The van der Waals surface area contributed by atoms with Crippen molar-refractivity contribution in [3.05, 3.63) is 63.2 Å². The molecule has 0 aliphatic rings. The highest BCUT2D eigenvalue weighted by Crippen LogP contribution is 2.30. The average Bonchev–Trinajstić information content (AvgIpc) is 3.13. The van der Waals surface area contributed by atoms with Crippen molar-refractivity contribution in [2.75, 3.05) is 11.1 Å². The number of carbonyl (C=O) groups excluding carboxylic acids is 1. The number of aromatic nitrogens is 2. The molecule has 9 heteroatoms. The molecule has 0 bridgehead atoms. The molecule has 1 aromatic heterocycles. The van der Waals surface area contributed by atoms with Gasteiger partial charge in [-0.25, -0.2) is 0 Å². The maximum Gasteiger partial charge on any atom is 0.293 e. The molecule has 0 fully saturated rings. The fourth-order valence-electron chi connectivity index (χ4n) is 2.50. The van der Waals surface area contributed by atoms with E-state index in [-0.39, 0.29) is 22.4 Å². The maximum atomic E-state index is 12.3. The number of hydrogen-bond donors (Lipinski definition) is 1. The Bertz CT molecular complexity index is 1030. The van der Waals surface area contributed by atoms with Gasteiger partial charge in [0.2, 0.25) is 11.8 Å². The number of aryl methyl sites for hydroxylation is 2.